The second-order valence-corrected chi connectivity index (χ2v) is 3.24. The summed E-state index contributed by atoms with van der Waals surface area (Å²) >= 11 is 5.78. The van der Waals surface area contributed by atoms with Gasteiger partial charge in [0.1, 0.15) is 0 Å². The van der Waals surface area contributed by atoms with Crippen molar-refractivity contribution in [2.24, 2.45) is 0 Å². The highest BCUT2D eigenvalue weighted by Crippen LogP contribution is 2.15. The van der Waals surface area contributed by atoms with Crippen molar-refractivity contribution < 1.29 is 19.6 Å². The molecule has 2 N–H and O–H groups in total. The van der Waals surface area contributed by atoms with Crippen LogP contribution in [0.15, 0.2) is 18.2 Å². The van der Waals surface area contributed by atoms with Gasteiger partial charge in [0.15, 0.2) is 0 Å². The lowest BCUT2D eigenvalue weighted by Crippen LogP contribution is -2.30. The quantitative estimate of drug-likeness (QED) is 0.573. The summed E-state index contributed by atoms with van der Waals surface area (Å²) in [6.45, 7) is 1.96. The van der Waals surface area contributed by atoms with E-state index in [1.54, 1.807) is 6.92 Å². The molecule has 80 valence electrons. The molecule has 0 radical (unpaired) electrons. The van der Waals surface area contributed by atoms with Gasteiger partial charge in [-0.3, -0.25) is 0 Å². The normalized spacial score (nSPS) is 9.87. The highest BCUT2D eigenvalue weighted by Gasteiger charge is 2.16. The lowest BCUT2D eigenvalue weighted by Gasteiger charge is -2.05. The number of halogens is 1. The van der Waals surface area contributed by atoms with E-state index in [0.29, 0.717) is 0 Å². The van der Waals surface area contributed by atoms with E-state index in [9.17, 15) is 4.79 Å². The summed E-state index contributed by atoms with van der Waals surface area (Å²) in [5.74, 6) is -0.526. The van der Waals surface area contributed by atoms with Gasteiger partial charge in [-0.15, -0.1) is 0 Å². The van der Waals surface area contributed by atoms with Gasteiger partial charge in [-0.25, -0.2) is 4.79 Å². The third kappa shape index (κ3) is 2.96. The molecular weight excluding hydrogens is 218 g/mol. The average Bonchev–Trinajstić information content (AvgIpc) is 2.17. The summed E-state index contributed by atoms with van der Waals surface area (Å²) in [4.78, 5) is 11.3. The van der Waals surface area contributed by atoms with Crippen LogP contribution in [0.5, 0.6) is 0 Å². The lowest BCUT2D eigenvalue weighted by atomic mass is 9.80. The first-order chi connectivity index (χ1) is 7.06. The molecule has 0 fully saturated rings. The zero-order valence-electron chi connectivity index (χ0n) is 8.11. The average molecular weight is 228 g/mol. The van der Waals surface area contributed by atoms with Gasteiger partial charge in [0.2, 0.25) is 0 Å². The molecule has 0 bridgehead atoms. The number of ether oxygens (including phenoxy) is 1. The second kappa shape index (κ2) is 5.16. The molecule has 0 unspecified atom stereocenters. The maximum Gasteiger partial charge on any atom is 0.488 e. The minimum atomic E-state index is -1.60. The summed E-state index contributed by atoms with van der Waals surface area (Å²) in [7, 11) is -1.60. The number of esters is 1. The van der Waals surface area contributed by atoms with Crippen molar-refractivity contribution in [2.45, 2.75) is 6.92 Å². The first-order valence-corrected chi connectivity index (χ1v) is 4.76. The van der Waals surface area contributed by atoms with Crippen LogP contribution in [0.2, 0.25) is 5.02 Å². The van der Waals surface area contributed by atoms with E-state index in [2.05, 4.69) is 0 Å². The van der Waals surface area contributed by atoms with E-state index in [0.717, 1.165) is 0 Å². The number of carbonyl (C=O) groups excluding carboxylic acids is 1. The molecule has 0 saturated carbocycles. The van der Waals surface area contributed by atoms with Crippen LogP contribution in [0.3, 0.4) is 0 Å². The van der Waals surface area contributed by atoms with Crippen LogP contribution >= 0.6 is 11.6 Å². The smallest absolute Gasteiger partial charge is 0.462 e. The fourth-order valence-corrected chi connectivity index (χ4v) is 1.33. The molecule has 1 aromatic carbocycles. The molecular formula is C9H10BClO4. The molecule has 0 saturated heterocycles. The maximum absolute atomic E-state index is 11.3. The van der Waals surface area contributed by atoms with Crippen LogP contribution in [0.1, 0.15) is 17.3 Å². The molecule has 1 rings (SSSR count). The monoisotopic (exact) mass is 228 g/mol. The van der Waals surface area contributed by atoms with Gasteiger partial charge < -0.3 is 14.8 Å². The zero-order chi connectivity index (χ0) is 11.4. The first kappa shape index (κ1) is 12.0. The highest BCUT2D eigenvalue weighted by molar-refractivity contribution is 6.59. The van der Waals surface area contributed by atoms with E-state index >= 15 is 0 Å². The van der Waals surface area contributed by atoms with Crippen molar-refractivity contribution in [1.82, 2.24) is 0 Å². The van der Waals surface area contributed by atoms with Crippen molar-refractivity contribution in [2.75, 3.05) is 6.61 Å². The Balaban J connectivity index is 2.98. The molecule has 15 heavy (non-hydrogen) atoms. The number of rotatable bonds is 3. The second-order valence-electron chi connectivity index (χ2n) is 2.83. The van der Waals surface area contributed by atoms with Crippen LogP contribution in [0, 0.1) is 0 Å². The predicted octanol–water partition coefficient (Wildman–Crippen LogP) is 0.196. The van der Waals surface area contributed by atoms with Crippen LogP contribution in [-0.2, 0) is 4.74 Å². The summed E-state index contributed by atoms with van der Waals surface area (Å²) in [6.07, 6.45) is 0. The van der Waals surface area contributed by atoms with Crippen molar-refractivity contribution in [1.29, 1.82) is 0 Å². The van der Waals surface area contributed by atoms with Crippen LogP contribution < -0.4 is 5.46 Å². The summed E-state index contributed by atoms with van der Waals surface area (Å²) in [5, 5.41) is 17.9. The Kier molecular flexibility index (Phi) is 4.14. The number of carbonyl (C=O) groups is 1. The Morgan fingerprint density at radius 3 is 2.67 bits per heavy atom. The third-order valence-corrected chi connectivity index (χ3v) is 2.10. The van der Waals surface area contributed by atoms with Crippen molar-refractivity contribution in [3.05, 3.63) is 28.8 Å². The van der Waals surface area contributed by atoms with Crippen molar-refractivity contribution >= 4 is 30.2 Å². The minimum Gasteiger partial charge on any atom is -0.462 e. The zero-order valence-corrected chi connectivity index (χ0v) is 8.86. The summed E-state index contributed by atoms with van der Waals surface area (Å²) in [5.41, 5.74) is 0.441. The highest BCUT2D eigenvalue weighted by atomic mass is 35.5. The predicted molar refractivity (Wildman–Crippen MR) is 57.2 cm³/mol. The first-order valence-electron chi connectivity index (χ1n) is 4.39. The molecule has 0 aromatic heterocycles. The van der Waals surface area contributed by atoms with Crippen LogP contribution in [0.25, 0.3) is 0 Å². The lowest BCUT2D eigenvalue weighted by molar-refractivity contribution is 0.0526. The Bertz CT molecular complexity index is 367. The molecule has 0 amide bonds. The van der Waals surface area contributed by atoms with E-state index in [4.69, 9.17) is 26.4 Å². The van der Waals surface area contributed by atoms with Crippen molar-refractivity contribution in [3.63, 3.8) is 0 Å². The molecule has 0 heterocycles. The Labute approximate surface area is 92.6 Å². The molecule has 0 atom stereocenters. The summed E-state index contributed by atoms with van der Waals surface area (Å²) < 4.78 is 4.76. The van der Waals surface area contributed by atoms with E-state index in [1.165, 1.54) is 18.2 Å². The Morgan fingerprint density at radius 2 is 2.20 bits per heavy atom. The molecule has 0 aliphatic heterocycles. The maximum atomic E-state index is 11.3. The summed E-state index contributed by atoms with van der Waals surface area (Å²) in [6, 6.07) is 4.12. The van der Waals surface area contributed by atoms with E-state index in [1.807, 2.05) is 0 Å². The number of hydrogen-bond acceptors (Lipinski definition) is 4. The third-order valence-electron chi connectivity index (χ3n) is 1.79. The Hall–Kier alpha value is -1.04. The van der Waals surface area contributed by atoms with Gasteiger partial charge in [0.05, 0.1) is 17.2 Å². The van der Waals surface area contributed by atoms with Crippen molar-refractivity contribution in [3.8, 4) is 0 Å². The van der Waals surface area contributed by atoms with Gasteiger partial charge in [0, 0.05) is 0 Å². The largest absolute Gasteiger partial charge is 0.488 e. The molecule has 0 spiro atoms. The molecule has 1 aromatic rings. The molecule has 0 aliphatic rings. The van der Waals surface area contributed by atoms with E-state index in [-0.39, 0.29) is 22.7 Å². The fourth-order valence-electron chi connectivity index (χ4n) is 1.07. The van der Waals surface area contributed by atoms with Crippen LogP contribution in [-0.4, -0.2) is 29.7 Å². The van der Waals surface area contributed by atoms with Gasteiger partial charge in [-0.2, -0.15) is 0 Å². The van der Waals surface area contributed by atoms with Gasteiger partial charge in [-0.05, 0) is 24.5 Å². The van der Waals surface area contributed by atoms with Gasteiger partial charge in [0.25, 0.3) is 0 Å². The van der Waals surface area contributed by atoms with Gasteiger partial charge >= 0.3 is 13.1 Å². The van der Waals surface area contributed by atoms with E-state index < -0.39 is 13.1 Å². The molecule has 6 heteroatoms. The molecule has 0 aliphatic carbocycles. The molecule has 4 nitrogen and oxygen atoms in total. The number of benzene rings is 1. The fraction of sp³-hybridized carbons (Fsp3) is 0.222. The van der Waals surface area contributed by atoms with Crippen LogP contribution in [0.4, 0.5) is 0 Å². The topological polar surface area (TPSA) is 66.8 Å². The standard InChI is InChI=1S/C9H10BClO4/c1-2-15-9(12)7-4-3-6(10(13)14)5-8(7)11/h3-5,13-14H,2H2,1H3. The number of hydrogen-bond donors (Lipinski definition) is 2. The Morgan fingerprint density at radius 1 is 1.53 bits per heavy atom. The van der Waals surface area contributed by atoms with Gasteiger partial charge in [-0.1, -0.05) is 17.7 Å². The SMILES string of the molecule is CCOC(=O)c1ccc(B(O)O)cc1Cl. The minimum absolute atomic E-state index is 0.138.